The monoisotopic (exact) mass is 190 g/mol. The summed E-state index contributed by atoms with van der Waals surface area (Å²) in [7, 11) is 0. The average Bonchev–Trinajstić information content (AvgIpc) is 2.13. The molecular weight excluding hydrogens is 172 g/mol. The number of benzene rings is 1. The maximum atomic E-state index is 5.42. The molecule has 1 nitrogen and oxygen atoms in total. The van der Waals surface area contributed by atoms with Gasteiger partial charge in [0.1, 0.15) is 6.61 Å². The van der Waals surface area contributed by atoms with Gasteiger partial charge in [-0.1, -0.05) is 51.1 Å². The quantitative estimate of drug-likeness (QED) is 0.659. The molecule has 0 heterocycles. The Bertz CT molecular complexity index is 280. The second-order valence-electron chi connectivity index (χ2n) is 4.47. The minimum atomic E-state index is 0.191. The van der Waals surface area contributed by atoms with Crippen molar-refractivity contribution in [2.45, 2.75) is 27.4 Å². The fourth-order valence-electron chi connectivity index (χ4n) is 0.971. The lowest BCUT2D eigenvalue weighted by molar-refractivity contribution is 0.232. The lowest BCUT2D eigenvalue weighted by Crippen LogP contribution is -1.99. The summed E-state index contributed by atoms with van der Waals surface area (Å²) < 4.78 is 5.42. The van der Waals surface area contributed by atoms with Crippen molar-refractivity contribution in [1.29, 1.82) is 0 Å². The van der Waals surface area contributed by atoms with Gasteiger partial charge in [-0.3, -0.25) is 0 Å². The van der Waals surface area contributed by atoms with Crippen LogP contribution in [0.25, 0.3) is 0 Å². The molecular formula is C13H18O. The molecule has 0 aliphatic rings. The Kier molecular flexibility index (Phi) is 3.75. The summed E-state index contributed by atoms with van der Waals surface area (Å²) in [5, 5.41) is 0. The van der Waals surface area contributed by atoms with Gasteiger partial charge in [0, 0.05) is 0 Å². The van der Waals surface area contributed by atoms with Gasteiger partial charge in [-0.15, -0.1) is 0 Å². The van der Waals surface area contributed by atoms with Crippen LogP contribution in [-0.2, 0) is 11.3 Å². The second kappa shape index (κ2) is 4.85. The highest BCUT2D eigenvalue weighted by molar-refractivity contribution is 5.13. The molecule has 76 valence electrons. The largest absolute Gasteiger partial charge is 0.497 e. The van der Waals surface area contributed by atoms with Crippen LogP contribution in [0.1, 0.15) is 26.3 Å². The van der Waals surface area contributed by atoms with Gasteiger partial charge in [-0.25, -0.2) is 0 Å². The van der Waals surface area contributed by atoms with Crippen molar-refractivity contribution >= 4 is 0 Å². The standard InChI is InChI=1S/C13H18O/c1-13(2,3)9-10-14-11-12-7-5-4-6-8-12/h4-10H,11H2,1-3H3/b10-9-. The number of ether oxygens (including phenoxy) is 1. The topological polar surface area (TPSA) is 9.23 Å². The molecule has 0 unspecified atom stereocenters. The van der Waals surface area contributed by atoms with Crippen LogP contribution in [0.5, 0.6) is 0 Å². The summed E-state index contributed by atoms with van der Waals surface area (Å²) in [5.74, 6) is 0. The Labute approximate surface area is 86.4 Å². The van der Waals surface area contributed by atoms with Crippen molar-refractivity contribution in [2.75, 3.05) is 0 Å². The summed E-state index contributed by atoms with van der Waals surface area (Å²) in [6, 6.07) is 10.2. The van der Waals surface area contributed by atoms with Gasteiger partial charge in [0.25, 0.3) is 0 Å². The zero-order valence-electron chi connectivity index (χ0n) is 9.16. The fraction of sp³-hybridized carbons (Fsp3) is 0.385. The van der Waals surface area contributed by atoms with E-state index in [1.54, 1.807) is 6.26 Å². The molecule has 0 aliphatic heterocycles. The van der Waals surface area contributed by atoms with E-state index in [-0.39, 0.29) is 5.41 Å². The van der Waals surface area contributed by atoms with Gasteiger partial charge < -0.3 is 4.74 Å². The first kappa shape index (κ1) is 10.8. The predicted molar refractivity (Wildman–Crippen MR) is 59.8 cm³/mol. The van der Waals surface area contributed by atoms with Crippen LogP contribution in [0, 0.1) is 5.41 Å². The third-order valence-electron chi connectivity index (χ3n) is 1.76. The van der Waals surface area contributed by atoms with Gasteiger partial charge in [0.2, 0.25) is 0 Å². The number of allylic oxidation sites excluding steroid dienone is 1. The first-order valence-corrected chi connectivity index (χ1v) is 4.91. The van der Waals surface area contributed by atoms with Crippen molar-refractivity contribution in [2.24, 2.45) is 5.41 Å². The summed E-state index contributed by atoms with van der Waals surface area (Å²) >= 11 is 0. The molecule has 0 aliphatic carbocycles. The third-order valence-corrected chi connectivity index (χ3v) is 1.76. The van der Waals surface area contributed by atoms with E-state index in [0.717, 1.165) is 0 Å². The van der Waals surface area contributed by atoms with E-state index in [9.17, 15) is 0 Å². The van der Waals surface area contributed by atoms with Gasteiger partial charge in [-0.2, -0.15) is 0 Å². The first-order valence-electron chi connectivity index (χ1n) is 4.91. The van der Waals surface area contributed by atoms with Gasteiger partial charge >= 0.3 is 0 Å². The molecule has 14 heavy (non-hydrogen) atoms. The Morgan fingerprint density at radius 1 is 1.14 bits per heavy atom. The molecule has 1 heteroatoms. The molecule has 1 aromatic rings. The highest BCUT2D eigenvalue weighted by atomic mass is 16.5. The minimum Gasteiger partial charge on any atom is -0.497 e. The van der Waals surface area contributed by atoms with Crippen LogP contribution >= 0.6 is 0 Å². The third kappa shape index (κ3) is 4.70. The molecule has 0 fully saturated rings. The number of hydrogen-bond acceptors (Lipinski definition) is 1. The Morgan fingerprint density at radius 2 is 1.79 bits per heavy atom. The molecule has 0 spiro atoms. The van der Waals surface area contributed by atoms with Crippen LogP contribution in [0.15, 0.2) is 42.7 Å². The smallest absolute Gasteiger partial charge is 0.112 e. The summed E-state index contributed by atoms with van der Waals surface area (Å²) in [5.41, 5.74) is 1.39. The van der Waals surface area contributed by atoms with E-state index < -0.39 is 0 Å². The zero-order chi connectivity index (χ0) is 10.4. The van der Waals surface area contributed by atoms with Crippen molar-refractivity contribution in [3.05, 3.63) is 48.2 Å². The van der Waals surface area contributed by atoms with E-state index in [0.29, 0.717) is 6.61 Å². The van der Waals surface area contributed by atoms with E-state index in [1.165, 1.54) is 5.56 Å². The molecule has 0 atom stereocenters. The van der Waals surface area contributed by atoms with Gasteiger partial charge in [0.05, 0.1) is 6.26 Å². The van der Waals surface area contributed by atoms with Gasteiger partial charge in [-0.05, 0) is 17.1 Å². The van der Waals surface area contributed by atoms with Crippen LogP contribution in [-0.4, -0.2) is 0 Å². The Hall–Kier alpha value is -1.24. The Balaban J connectivity index is 2.33. The van der Waals surface area contributed by atoms with E-state index in [4.69, 9.17) is 4.74 Å². The van der Waals surface area contributed by atoms with Crippen molar-refractivity contribution in [3.8, 4) is 0 Å². The van der Waals surface area contributed by atoms with Crippen LogP contribution in [0.3, 0.4) is 0 Å². The van der Waals surface area contributed by atoms with Crippen LogP contribution in [0.4, 0.5) is 0 Å². The fourth-order valence-corrected chi connectivity index (χ4v) is 0.971. The van der Waals surface area contributed by atoms with Crippen LogP contribution < -0.4 is 0 Å². The van der Waals surface area contributed by atoms with Crippen LogP contribution in [0.2, 0.25) is 0 Å². The highest BCUT2D eigenvalue weighted by Crippen LogP contribution is 2.14. The summed E-state index contributed by atoms with van der Waals surface area (Å²) in [6.07, 6.45) is 3.85. The Morgan fingerprint density at radius 3 is 2.36 bits per heavy atom. The average molecular weight is 190 g/mol. The van der Waals surface area contributed by atoms with E-state index in [1.807, 2.05) is 18.2 Å². The van der Waals surface area contributed by atoms with Crippen molar-refractivity contribution < 1.29 is 4.74 Å². The van der Waals surface area contributed by atoms with Crippen molar-refractivity contribution in [1.82, 2.24) is 0 Å². The van der Waals surface area contributed by atoms with E-state index >= 15 is 0 Å². The molecule has 0 saturated heterocycles. The first-order chi connectivity index (χ1) is 6.58. The maximum absolute atomic E-state index is 5.42. The molecule has 0 saturated carbocycles. The lowest BCUT2D eigenvalue weighted by atomic mass is 9.97. The molecule has 1 aromatic carbocycles. The zero-order valence-corrected chi connectivity index (χ0v) is 9.16. The number of hydrogen-bond donors (Lipinski definition) is 0. The number of rotatable bonds is 3. The molecule has 0 radical (unpaired) electrons. The minimum absolute atomic E-state index is 0.191. The van der Waals surface area contributed by atoms with Crippen molar-refractivity contribution in [3.63, 3.8) is 0 Å². The molecule has 1 rings (SSSR count). The van der Waals surface area contributed by atoms with E-state index in [2.05, 4.69) is 39.0 Å². The molecule has 0 amide bonds. The van der Waals surface area contributed by atoms with Gasteiger partial charge in [0.15, 0.2) is 0 Å². The molecule has 0 aromatic heterocycles. The maximum Gasteiger partial charge on any atom is 0.112 e. The SMILES string of the molecule is CC(C)(C)/C=C\OCc1ccccc1. The summed E-state index contributed by atoms with van der Waals surface area (Å²) in [4.78, 5) is 0. The predicted octanol–water partition coefficient (Wildman–Crippen LogP) is 3.76. The normalized spacial score (nSPS) is 11.9. The lowest BCUT2D eigenvalue weighted by Gasteiger charge is -2.10. The highest BCUT2D eigenvalue weighted by Gasteiger charge is 2.03. The second-order valence-corrected chi connectivity index (χ2v) is 4.47. The molecule has 0 bridgehead atoms. The summed E-state index contributed by atoms with van der Waals surface area (Å²) in [6.45, 7) is 7.09. The molecule has 0 N–H and O–H groups in total.